The van der Waals surface area contributed by atoms with E-state index in [-0.39, 0.29) is 12.4 Å². The van der Waals surface area contributed by atoms with Gasteiger partial charge in [0.1, 0.15) is 6.61 Å². The van der Waals surface area contributed by atoms with Gasteiger partial charge in [-0.1, -0.05) is 24.3 Å². The molecule has 1 rings (SSSR count). The van der Waals surface area contributed by atoms with Gasteiger partial charge in [-0.3, -0.25) is 4.79 Å². The number of ketones is 1. The molecule has 0 heterocycles. The fraction of sp³-hybridized carbons (Fsp3) is 0.500. The zero-order valence-electron chi connectivity index (χ0n) is 10.9. The molecule has 0 N–H and O–H groups in total. The molecule has 3 nitrogen and oxygen atoms in total. The number of Topliss-reactive ketones (excluding diaryl/α,β-unsaturated/α-hetero) is 1. The summed E-state index contributed by atoms with van der Waals surface area (Å²) in [6.45, 7) is 1.24. The summed E-state index contributed by atoms with van der Waals surface area (Å²) >= 11 is 0. The second-order valence-corrected chi connectivity index (χ2v) is 4.52. The van der Waals surface area contributed by atoms with Gasteiger partial charge >= 0.3 is 0 Å². The number of ether oxygens (including phenoxy) is 1. The number of benzene rings is 1. The maximum atomic E-state index is 11.4. The van der Waals surface area contributed by atoms with Gasteiger partial charge in [-0.25, -0.2) is 0 Å². The molecule has 1 aromatic carbocycles. The molecule has 0 bridgehead atoms. The molecule has 0 spiro atoms. The Morgan fingerprint density at radius 3 is 2.29 bits per heavy atom. The first-order valence-corrected chi connectivity index (χ1v) is 5.85. The maximum absolute atomic E-state index is 11.4. The smallest absolute Gasteiger partial charge is 0.162 e. The Labute approximate surface area is 103 Å². The highest BCUT2D eigenvalue weighted by Crippen LogP contribution is 2.06. The number of likely N-dealkylation sites (N-methyl/N-ethyl adjacent to an activating group) is 1. The lowest BCUT2D eigenvalue weighted by Gasteiger charge is -2.09. The Hall–Kier alpha value is -1.19. The van der Waals surface area contributed by atoms with Crippen molar-refractivity contribution in [1.29, 1.82) is 0 Å². The van der Waals surface area contributed by atoms with Crippen LogP contribution in [0.2, 0.25) is 0 Å². The molecule has 1 aromatic rings. The van der Waals surface area contributed by atoms with Crippen LogP contribution in [0.5, 0.6) is 0 Å². The van der Waals surface area contributed by atoms with Gasteiger partial charge in [0.25, 0.3) is 0 Å². The van der Waals surface area contributed by atoms with Crippen LogP contribution in [0.4, 0.5) is 0 Å². The van der Waals surface area contributed by atoms with Gasteiger partial charge in [-0.2, -0.15) is 0 Å². The van der Waals surface area contributed by atoms with E-state index < -0.39 is 0 Å². The van der Waals surface area contributed by atoms with Crippen molar-refractivity contribution in [2.45, 2.75) is 12.8 Å². The standard InChI is InChI=1S/C14H21NO2/c1-15(2)9-8-12-4-6-13(7-5-12)10-14(16)11-17-3/h4-7H,8-11H2,1-3H3. The van der Waals surface area contributed by atoms with Gasteiger partial charge in [0.15, 0.2) is 5.78 Å². The molecule has 0 amide bonds. The Morgan fingerprint density at radius 2 is 1.76 bits per heavy atom. The van der Waals surface area contributed by atoms with Gasteiger partial charge < -0.3 is 9.64 Å². The molecule has 0 atom stereocenters. The van der Waals surface area contributed by atoms with Crippen LogP contribution in [0, 0.1) is 0 Å². The number of carbonyl (C=O) groups excluding carboxylic acids is 1. The molecular weight excluding hydrogens is 214 g/mol. The number of rotatable bonds is 7. The quantitative estimate of drug-likeness (QED) is 0.718. The summed E-state index contributed by atoms with van der Waals surface area (Å²) in [7, 11) is 5.68. The van der Waals surface area contributed by atoms with Gasteiger partial charge in [0, 0.05) is 20.1 Å². The van der Waals surface area contributed by atoms with Crippen molar-refractivity contribution in [3.05, 3.63) is 35.4 Å². The lowest BCUT2D eigenvalue weighted by Crippen LogP contribution is -2.15. The summed E-state index contributed by atoms with van der Waals surface area (Å²) in [6.07, 6.45) is 1.50. The molecule has 0 fully saturated rings. The van der Waals surface area contributed by atoms with E-state index in [1.165, 1.54) is 5.56 Å². The second kappa shape index (κ2) is 7.20. The van der Waals surface area contributed by atoms with Crippen LogP contribution in [-0.4, -0.2) is 45.0 Å². The van der Waals surface area contributed by atoms with Crippen molar-refractivity contribution < 1.29 is 9.53 Å². The summed E-state index contributed by atoms with van der Waals surface area (Å²) in [5, 5.41) is 0. The van der Waals surface area contributed by atoms with E-state index in [2.05, 4.69) is 31.1 Å². The molecular formula is C14H21NO2. The van der Waals surface area contributed by atoms with Gasteiger partial charge in [0.05, 0.1) is 0 Å². The van der Waals surface area contributed by atoms with Crippen molar-refractivity contribution in [1.82, 2.24) is 4.90 Å². The highest BCUT2D eigenvalue weighted by atomic mass is 16.5. The van der Waals surface area contributed by atoms with Crippen LogP contribution in [0.3, 0.4) is 0 Å². The molecule has 17 heavy (non-hydrogen) atoms. The Kier molecular flexibility index (Phi) is 5.87. The zero-order valence-corrected chi connectivity index (χ0v) is 10.9. The normalized spacial score (nSPS) is 10.8. The van der Waals surface area contributed by atoms with Crippen molar-refractivity contribution in [3.63, 3.8) is 0 Å². The first kappa shape index (κ1) is 13.9. The number of carbonyl (C=O) groups is 1. The van der Waals surface area contributed by atoms with Gasteiger partial charge in [0.2, 0.25) is 0 Å². The third-order valence-corrected chi connectivity index (χ3v) is 2.58. The average Bonchev–Trinajstić information content (AvgIpc) is 2.28. The van der Waals surface area contributed by atoms with E-state index in [0.29, 0.717) is 6.42 Å². The average molecular weight is 235 g/mol. The molecule has 3 heteroatoms. The summed E-state index contributed by atoms with van der Waals surface area (Å²) in [4.78, 5) is 13.5. The minimum Gasteiger partial charge on any atom is -0.377 e. The maximum Gasteiger partial charge on any atom is 0.162 e. The van der Waals surface area contributed by atoms with Crippen LogP contribution in [-0.2, 0) is 22.4 Å². The van der Waals surface area contributed by atoms with Crippen LogP contribution < -0.4 is 0 Å². The minimum atomic E-state index is 0.119. The molecule has 0 aliphatic carbocycles. The first-order chi connectivity index (χ1) is 8.11. The molecule has 94 valence electrons. The monoisotopic (exact) mass is 235 g/mol. The lowest BCUT2D eigenvalue weighted by atomic mass is 10.1. The molecule has 0 saturated carbocycles. The predicted molar refractivity (Wildman–Crippen MR) is 69.3 cm³/mol. The van der Waals surface area contributed by atoms with Gasteiger partial charge in [-0.15, -0.1) is 0 Å². The molecule has 0 aromatic heterocycles. The summed E-state index contributed by atoms with van der Waals surface area (Å²) < 4.78 is 4.81. The van der Waals surface area contributed by atoms with E-state index in [4.69, 9.17) is 4.74 Å². The molecule has 0 aliphatic rings. The molecule has 0 saturated heterocycles. The third-order valence-electron chi connectivity index (χ3n) is 2.58. The number of hydrogen-bond acceptors (Lipinski definition) is 3. The van der Waals surface area contributed by atoms with E-state index >= 15 is 0 Å². The topological polar surface area (TPSA) is 29.5 Å². The highest BCUT2D eigenvalue weighted by molar-refractivity contribution is 5.82. The van der Waals surface area contributed by atoms with Crippen LogP contribution in [0.15, 0.2) is 24.3 Å². The highest BCUT2D eigenvalue weighted by Gasteiger charge is 2.03. The summed E-state index contributed by atoms with van der Waals surface area (Å²) in [5.41, 5.74) is 2.36. The van der Waals surface area contributed by atoms with Crippen molar-refractivity contribution >= 4 is 5.78 Å². The van der Waals surface area contributed by atoms with E-state index in [9.17, 15) is 4.79 Å². The molecule has 0 unspecified atom stereocenters. The largest absolute Gasteiger partial charge is 0.377 e. The zero-order chi connectivity index (χ0) is 12.7. The number of methoxy groups -OCH3 is 1. The van der Waals surface area contributed by atoms with Crippen LogP contribution in [0.1, 0.15) is 11.1 Å². The summed E-state index contributed by atoms with van der Waals surface area (Å²) in [6, 6.07) is 8.24. The second-order valence-electron chi connectivity index (χ2n) is 4.52. The third kappa shape index (κ3) is 5.61. The summed E-state index contributed by atoms with van der Waals surface area (Å²) in [5.74, 6) is 0.119. The van der Waals surface area contributed by atoms with Gasteiger partial charge in [-0.05, 0) is 31.6 Å². The fourth-order valence-electron chi connectivity index (χ4n) is 1.62. The number of hydrogen-bond donors (Lipinski definition) is 0. The van der Waals surface area contributed by atoms with Crippen LogP contribution in [0.25, 0.3) is 0 Å². The lowest BCUT2D eigenvalue weighted by molar-refractivity contribution is -0.121. The SMILES string of the molecule is COCC(=O)Cc1ccc(CCN(C)C)cc1. The number of nitrogens with zero attached hydrogens (tertiary/aromatic N) is 1. The first-order valence-electron chi connectivity index (χ1n) is 5.85. The molecule has 0 aliphatic heterocycles. The Balaban J connectivity index is 2.47. The van der Waals surface area contributed by atoms with E-state index in [1.54, 1.807) is 7.11 Å². The predicted octanol–water partition coefficient (Wildman–Crippen LogP) is 1.55. The van der Waals surface area contributed by atoms with Crippen LogP contribution >= 0.6 is 0 Å². The Morgan fingerprint density at radius 1 is 1.18 bits per heavy atom. The Bertz CT molecular complexity index is 344. The minimum absolute atomic E-state index is 0.119. The van der Waals surface area contributed by atoms with E-state index in [0.717, 1.165) is 18.5 Å². The molecule has 0 radical (unpaired) electrons. The van der Waals surface area contributed by atoms with Crippen molar-refractivity contribution in [2.75, 3.05) is 34.4 Å². The van der Waals surface area contributed by atoms with Crippen molar-refractivity contribution in [2.24, 2.45) is 0 Å². The fourth-order valence-corrected chi connectivity index (χ4v) is 1.62. The van der Waals surface area contributed by atoms with Crippen molar-refractivity contribution in [3.8, 4) is 0 Å². The van der Waals surface area contributed by atoms with E-state index in [1.807, 2.05) is 12.1 Å².